The average molecular weight is 229 g/mol. The lowest BCUT2D eigenvalue weighted by Gasteiger charge is -2.22. The van der Waals surface area contributed by atoms with Crippen LogP contribution in [0, 0.1) is 5.92 Å². The summed E-state index contributed by atoms with van der Waals surface area (Å²) < 4.78 is 0. The van der Waals surface area contributed by atoms with E-state index in [9.17, 15) is 0 Å². The van der Waals surface area contributed by atoms with Crippen LogP contribution in [0.1, 0.15) is 27.7 Å². The molecule has 52 valence electrons. The third-order valence-corrected chi connectivity index (χ3v) is 1.49. The van der Waals surface area contributed by atoms with E-state index in [-0.39, 0.29) is 29.5 Å². The van der Waals surface area contributed by atoms with Gasteiger partial charge in [0.1, 0.15) is 0 Å². The highest BCUT2D eigenvalue weighted by Crippen LogP contribution is 2.09. The maximum absolute atomic E-state index is 5.68. The molecule has 0 atom stereocenters. The molecular weight excluding hydrogens is 213 g/mol. The first kappa shape index (κ1) is 11.5. The topological polar surface area (TPSA) is 26.0 Å². The van der Waals surface area contributed by atoms with Gasteiger partial charge in [0, 0.05) is 5.54 Å². The van der Waals surface area contributed by atoms with E-state index >= 15 is 0 Å². The first-order valence-electron chi connectivity index (χ1n) is 2.73. The lowest BCUT2D eigenvalue weighted by molar-refractivity contribution is 0.373. The minimum Gasteiger partial charge on any atom is -0.325 e. The summed E-state index contributed by atoms with van der Waals surface area (Å²) in [5, 5.41) is 0. The van der Waals surface area contributed by atoms with Gasteiger partial charge in [0.05, 0.1) is 0 Å². The van der Waals surface area contributed by atoms with Gasteiger partial charge < -0.3 is 5.73 Å². The lowest BCUT2D eigenvalue weighted by Crippen LogP contribution is -2.37. The molecule has 1 nitrogen and oxygen atoms in total. The number of nitrogens with two attached hydrogens (primary N) is 1. The highest BCUT2D eigenvalue weighted by atomic mass is 127. The van der Waals surface area contributed by atoms with Crippen LogP contribution in [0.4, 0.5) is 0 Å². The molecule has 2 heteroatoms. The molecule has 0 spiro atoms. The van der Waals surface area contributed by atoms with E-state index in [0.29, 0.717) is 5.92 Å². The van der Waals surface area contributed by atoms with Crippen LogP contribution in [-0.2, 0) is 0 Å². The molecular formula is C6H16IN. The number of hydrogen-bond donors (Lipinski definition) is 1. The van der Waals surface area contributed by atoms with Crippen LogP contribution in [0.3, 0.4) is 0 Å². The Labute approximate surface area is 69.0 Å². The smallest absolute Gasteiger partial charge is 0.0120 e. The Kier molecular flexibility index (Phi) is 5.26. The van der Waals surface area contributed by atoms with Crippen molar-refractivity contribution in [1.82, 2.24) is 0 Å². The largest absolute Gasteiger partial charge is 0.325 e. The van der Waals surface area contributed by atoms with E-state index < -0.39 is 0 Å². The molecule has 0 unspecified atom stereocenters. The SMILES string of the molecule is CC(C)C(C)(C)N.I. The molecule has 0 rings (SSSR count). The fourth-order valence-electron chi connectivity index (χ4n) is 0. The Morgan fingerprint density at radius 1 is 1.25 bits per heavy atom. The number of hydrogen-bond acceptors (Lipinski definition) is 1. The molecule has 0 saturated carbocycles. The fraction of sp³-hybridized carbons (Fsp3) is 1.00. The van der Waals surface area contributed by atoms with Gasteiger partial charge in [-0.15, -0.1) is 24.0 Å². The third-order valence-electron chi connectivity index (χ3n) is 1.49. The second kappa shape index (κ2) is 3.67. The summed E-state index contributed by atoms with van der Waals surface area (Å²) in [6.45, 7) is 8.33. The lowest BCUT2D eigenvalue weighted by atomic mass is 9.92. The molecule has 0 aliphatic heterocycles. The molecule has 2 N–H and O–H groups in total. The van der Waals surface area contributed by atoms with Gasteiger partial charge in [-0.25, -0.2) is 0 Å². The van der Waals surface area contributed by atoms with Crippen molar-refractivity contribution in [3.8, 4) is 0 Å². The van der Waals surface area contributed by atoms with Gasteiger partial charge in [-0.05, 0) is 19.8 Å². The highest BCUT2D eigenvalue weighted by molar-refractivity contribution is 14.0. The molecule has 0 heterocycles. The monoisotopic (exact) mass is 229 g/mol. The highest BCUT2D eigenvalue weighted by Gasteiger charge is 2.14. The van der Waals surface area contributed by atoms with Gasteiger partial charge in [0.25, 0.3) is 0 Å². The minimum atomic E-state index is 0. The Bertz CT molecular complexity index is 54.0. The number of halogens is 1. The third kappa shape index (κ3) is 4.84. The molecule has 0 aromatic heterocycles. The van der Waals surface area contributed by atoms with E-state index in [1.165, 1.54) is 0 Å². The van der Waals surface area contributed by atoms with Crippen LogP contribution < -0.4 is 5.73 Å². The zero-order valence-corrected chi connectivity index (χ0v) is 8.39. The van der Waals surface area contributed by atoms with Gasteiger partial charge in [0.15, 0.2) is 0 Å². The summed E-state index contributed by atoms with van der Waals surface area (Å²) in [6.07, 6.45) is 0. The van der Waals surface area contributed by atoms with Crippen molar-refractivity contribution in [3.63, 3.8) is 0 Å². The second-order valence-corrected chi connectivity index (χ2v) is 2.98. The molecule has 0 saturated heterocycles. The predicted octanol–water partition coefficient (Wildman–Crippen LogP) is 2.00. The van der Waals surface area contributed by atoms with Crippen molar-refractivity contribution < 1.29 is 0 Å². The van der Waals surface area contributed by atoms with Crippen molar-refractivity contribution in [3.05, 3.63) is 0 Å². The summed E-state index contributed by atoms with van der Waals surface area (Å²) >= 11 is 0. The maximum Gasteiger partial charge on any atom is 0.0120 e. The quantitative estimate of drug-likeness (QED) is 0.683. The maximum atomic E-state index is 5.68. The van der Waals surface area contributed by atoms with E-state index in [2.05, 4.69) is 13.8 Å². The molecule has 0 bridgehead atoms. The molecule has 0 fully saturated rings. The molecule has 0 aromatic rings. The van der Waals surface area contributed by atoms with Crippen LogP contribution in [0.25, 0.3) is 0 Å². The van der Waals surface area contributed by atoms with Crippen LogP contribution in [0.5, 0.6) is 0 Å². The number of rotatable bonds is 1. The summed E-state index contributed by atoms with van der Waals surface area (Å²) in [4.78, 5) is 0. The molecule has 0 radical (unpaired) electrons. The predicted molar refractivity (Wildman–Crippen MR) is 48.5 cm³/mol. The Morgan fingerprint density at radius 3 is 1.38 bits per heavy atom. The first-order chi connectivity index (χ1) is 2.94. The van der Waals surface area contributed by atoms with E-state index in [0.717, 1.165) is 0 Å². The van der Waals surface area contributed by atoms with Crippen LogP contribution >= 0.6 is 24.0 Å². The summed E-state index contributed by atoms with van der Waals surface area (Å²) in [5.41, 5.74) is 5.68. The Balaban J connectivity index is 0. The summed E-state index contributed by atoms with van der Waals surface area (Å²) in [7, 11) is 0. The minimum absolute atomic E-state index is 0. The summed E-state index contributed by atoms with van der Waals surface area (Å²) in [5.74, 6) is 0.576. The Hall–Kier alpha value is 0.690. The van der Waals surface area contributed by atoms with Crippen molar-refractivity contribution in [2.45, 2.75) is 33.2 Å². The molecule has 0 amide bonds. The van der Waals surface area contributed by atoms with Gasteiger partial charge in [-0.3, -0.25) is 0 Å². The summed E-state index contributed by atoms with van der Waals surface area (Å²) in [6, 6.07) is 0. The fourth-order valence-corrected chi connectivity index (χ4v) is 0. The first-order valence-corrected chi connectivity index (χ1v) is 2.73. The van der Waals surface area contributed by atoms with Crippen LogP contribution in [0.2, 0.25) is 0 Å². The van der Waals surface area contributed by atoms with Gasteiger partial charge in [-0.1, -0.05) is 13.8 Å². The second-order valence-electron chi connectivity index (χ2n) is 2.98. The van der Waals surface area contributed by atoms with Crippen molar-refractivity contribution in [2.24, 2.45) is 11.7 Å². The standard InChI is InChI=1S/C6H15N.HI/c1-5(2)6(3,4)7;/h5H,7H2,1-4H3;1H. The molecule has 8 heavy (non-hydrogen) atoms. The van der Waals surface area contributed by atoms with Crippen molar-refractivity contribution in [2.75, 3.05) is 0 Å². The van der Waals surface area contributed by atoms with Crippen molar-refractivity contribution in [1.29, 1.82) is 0 Å². The van der Waals surface area contributed by atoms with Gasteiger partial charge >= 0.3 is 0 Å². The zero-order valence-electron chi connectivity index (χ0n) is 6.06. The average Bonchev–Trinajstić information content (AvgIpc) is 1.31. The van der Waals surface area contributed by atoms with E-state index in [4.69, 9.17) is 5.73 Å². The molecule has 0 aliphatic rings. The Morgan fingerprint density at radius 2 is 1.38 bits per heavy atom. The van der Waals surface area contributed by atoms with Crippen molar-refractivity contribution >= 4 is 24.0 Å². The van der Waals surface area contributed by atoms with Crippen LogP contribution in [-0.4, -0.2) is 5.54 Å². The van der Waals surface area contributed by atoms with Crippen LogP contribution in [0.15, 0.2) is 0 Å². The zero-order chi connectivity index (χ0) is 6.08. The van der Waals surface area contributed by atoms with Gasteiger partial charge in [-0.2, -0.15) is 0 Å². The van der Waals surface area contributed by atoms with E-state index in [1.807, 2.05) is 13.8 Å². The molecule has 0 aliphatic carbocycles. The normalized spacial score (nSPS) is 11.2. The molecule has 0 aromatic carbocycles. The van der Waals surface area contributed by atoms with E-state index in [1.54, 1.807) is 0 Å². The van der Waals surface area contributed by atoms with Gasteiger partial charge in [0.2, 0.25) is 0 Å².